The first-order valence-corrected chi connectivity index (χ1v) is 8.33. The molecule has 13 heavy (non-hydrogen) atoms. The van der Waals surface area contributed by atoms with E-state index in [1.807, 2.05) is 0 Å². The SMILES string of the molecule is CCC(CC)O[Si](C)(C)C(C)(C)C.[HH].[HH]. The summed E-state index contributed by atoms with van der Waals surface area (Å²) in [4.78, 5) is 0. The van der Waals surface area contributed by atoms with Crippen molar-refractivity contribution in [3.8, 4) is 0 Å². The Morgan fingerprint density at radius 2 is 1.54 bits per heavy atom. The average Bonchev–Trinajstić information content (AvgIpc) is 1.98. The van der Waals surface area contributed by atoms with Crippen LogP contribution in [0.5, 0.6) is 0 Å². The summed E-state index contributed by atoms with van der Waals surface area (Å²) in [5.41, 5.74) is 0. The van der Waals surface area contributed by atoms with Crippen LogP contribution in [0.2, 0.25) is 18.1 Å². The Balaban J connectivity index is -0.000000720. The lowest BCUT2D eigenvalue weighted by atomic mass is 10.2. The highest BCUT2D eigenvalue weighted by atomic mass is 28.4. The molecular weight excluding hydrogens is 176 g/mol. The van der Waals surface area contributed by atoms with Crippen molar-refractivity contribution in [3.05, 3.63) is 0 Å². The average molecular weight is 206 g/mol. The van der Waals surface area contributed by atoms with Gasteiger partial charge in [0.25, 0.3) is 0 Å². The van der Waals surface area contributed by atoms with Gasteiger partial charge < -0.3 is 4.43 Å². The molecule has 0 heterocycles. The van der Waals surface area contributed by atoms with E-state index in [4.69, 9.17) is 4.43 Å². The lowest BCUT2D eigenvalue weighted by molar-refractivity contribution is 0.172. The molecule has 0 N–H and O–H groups in total. The Bertz CT molecular complexity index is 151. The summed E-state index contributed by atoms with van der Waals surface area (Å²) in [5.74, 6) is 0. The van der Waals surface area contributed by atoms with E-state index in [0.717, 1.165) is 12.8 Å². The molecule has 0 fully saturated rings. The van der Waals surface area contributed by atoms with Crippen LogP contribution in [0.1, 0.15) is 50.3 Å². The Kier molecular flexibility index (Phi) is 4.67. The van der Waals surface area contributed by atoms with E-state index in [1.54, 1.807) is 0 Å². The van der Waals surface area contributed by atoms with Crippen LogP contribution in [0.3, 0.4) is 0 Å². The predicted octanol–water partition coefficient (Wildman–Crippen LogP) is 4.69. The van der Waals surface area contributed by atoms with Crippen molar-refractivity contribution in [2.24, 2.45) is 0 Å². The van der Waals surface area contributed by atoms with Crippen LogP contribution in [0, 0.1) is 0 Å². The minimum absolute atomic E-state index is 0. The van der Waals surface area contributed by atoms with Gasteiger partial charge in [-0.1, -0.05) is 34.6 Å². The minimum atomic E-state index is -1.51. The molecule has 0 amide bonds. The molecule has 0 aliphatic carbocycles. The zero-order valence-corrected chi connectivity index (χ0v) is 11.4. The number of hydrogen-bond donors (Lipinski definition) is 0. The van der Waals surface area contributed by atoms with Crippen LogP contribution < -0.4 is 0 Å². The lowest BCUT2D eigenvalue weighted by Gasteiger charge is -2.39. The maximum absolute atomic E-state index is 6.24. The third kappa shape index (κ3) is 3.82. The zero-order chi connectivity index (χ0) is 10.7. The first-order chi connectivity index (χ1) is 5.74. The maximum Gasteiger partial charge on any atom is 0.192 e. The molecule has 2 heteroatoms. The predicted molar refractivity (Wildman–Crippen MR) is 66.9 cm³/mol. The third-order valence-electron chi connectivity index (χ3n) is 3.18. The monoisotopic (exact) mass is 206 g/mol. The van der Waals surface area contributed by atoms with Gasteiger partial charge in [-0.25, -0.2) is 0 Å². The van der Waals surface area contributed by atoms with Crippen molar-refractivity contribution < 1.29 is 7.28 Å². The van der Waals surface area contributed by atoms with Crippen LogP contribution >= 0.6 is 0 Å². The molecule has 84 valence electrons. The summed E-state index contributed by atoms with van der Waals surface area (Å²) in [7, 11) is -1.51. The molecule has 0 bridgehead atoms. The van der Waals surface area contributed by atoms with E-state index in [2.05, 4.69) is 47.7 Å². The van der Waals surface area contributed by atoms with Gasteiger partial charge >= 0.3 is 0 Å². The second-order valence-corrected chi connectivity index (χ2v) is 10.1. The van der Waals surface area contributed by atoms with Crippen molar-refractivity contribution in [3.63, 3.8) is 0 Å². The molecule has 0 aromatic rings. The molecule has 0 aliphatic rings. The van der Waals surface area contributed by atoms with Gasteiger partial charge in [-0.2, -0.15) is 0 Å². The smallest absolute Gasteiger partial charge is 0.192 e. The molecule has 0 aromatic heterocycles. The molecular formula is C11H30OSi. The molecule has 0 unspecified atom stereocenters. The summed E-state index contributed by atoms with van der Waals surface area (Å²) >= 11 is 0. The van der Waals surface area contributed by atoms with Crippen molar-refractivity contribution in [1.82, 2.24) is 0 Å². The second-order valence-electron chi connectivity index (χ2n) is 5.32. The summed E-state index contributed by atoms with van der Waals surface area (Å²) in [5, 5.41) is 0.343. The van der Waals surface area contributed by atoms with Crippen LogP contribution in [0.25, 0.3) is 0 Å². The highest BCUT2D eigenvalue weighted by molar-refractivity contribution is 6.74. The zero-order valence-electron chi connectivity index (χ0n) is 10.4. The Morgan fingerprint density at radius 1 is 1.15 bits per heavy atom. The molecule has 1 nitrogen and oxygen atoms in total. The summed E-state index contributed by atoms with van der Waals surface area (Å²) < 4.78 is 6.24. The van der Waals surface area contributed by atoms with E-state index >= 15 is 0 Å². The van der Waals surface area contributed by atoms with Crippen LogP contribution in [0.15, 0.2) is 0 Å². The maximum atomic E-state index is 6.24. The number of hydrogen-bond acceptors (Lipinski definition) is 1. The molecule has 0 spiro atoms. The lowest BCUT2D eigenvalue weighted by Crippen LogP contribution is -2.43. The van der Waals surface area contributed by atoms with Gasteiger partial charge in [0.2, 0.25) is 0 Å². The van der Waals surface area contributed by atoms with Crippen LogP contribution in [-0.2, 0) is 4.43 Å². The summed E-state index contributed by atoms with van der Waals surface area (Å²) in [6, 6.07) is 0. The van der Waals surface area contributed by atoms with Gasteiger partial charge in [0, 0.05) is 8.96 Å². The topological polar surface area (TPSA) is 9.23 Å². The summed E-state index contributed by atoms with van der Waals surface area (Å²) in [6.07, 6.45) is 2.76. The van der Waals surface area contributed by atoms with Crippen molar-refractivity contribution >= 4 is 8.32 Å². The van der Waals surface area contributed by atoms with Gasteiger partial charge in [0.1, 0.15) is 0 Å². The molecule has 0 radical (unpaired) electrons. The fourth-order valence-electron chi connectivity index (χ4n) is 1.05. The first kappa shape index (κ1) is 13.2. The fourth-order valence-corrected chi connectivity index (χ4v) is 2.57. The van der Waals surface area contributed by atoms with E-state index in [9.17, 15) is 0 Å². The minimum Gasteiger partial charge on any atom is -0.414 e. The highest BCUT2D eigenvalue weighted by Crippen LogP contribution is 2.37. The number of rotatable bonds is 4. The molecule has 0 aliphatic heterocycles. The molecule has 0 saturated carbocycles. The van der Waals surface area contributed by atoms with E-state index in [-0.39, 0.29) is 2.85 Å². The van der Waals surface area contributed by atoms with Crippen molar-refractivity contribution in [1.29, 1.82) is 0 Å². The largest absolute Gasteiger partial charge is 0.414 e. The van der Waals surface area contributed by atoms with E-state index < -0.39 is 8.32 Å². The Labute approximate surface area is 88.0 Å². The van der Waals surface area contributed by atoms with Gasteiger partial charge in [-0.3, -0.25) is 0 Å². The molecule has 0 saturated heterocycles. The third-order valence-corrected chi connectivity index (χ3v) is 7.71. The molecule has 0 rings (SSSR count). The normalized spacial score (nSPS) is 13.8. The molecule has 0 aromatic carbocycles. The van der Waals surface area contributed by atoms with Crippen molar-refractivity contribution in [2.75, 3.05) is 0 Å². The van der Waals surface area contributed by atoms with Gasteiger partial charge in [0.05, 0.1) is 0 Å². The van der Waals surface area contributed by atoms with Gasteiger partial charge in [-0.15, -0.1) is 0 Å². The van der Waals surface area contributed by atoms with Gasteiger partial charge in [0.15, 0.2) is 8.32 Å². The van der Waals surface area contributed by atoms with Crippen molar-refractivity contribution in [2.45, 2.75) is 71.7 Å². The summed E-state index contributed by atoms with van der Waals surface area (Å²) in [6.45, 7) is 15.9. The molecule has 0 atom stereocenters. The van der Waals surface area contributed by atoms with Crippen LogP contribution in [-0.4, -0.2) is 14.4 Å². The standard InChI is InChI=1S/C11H26OSi.2H2/c1-8-10(9-2)12-13(6,7)11(3,4)5;;/h10H,8-9H2,1-7H3;2*1H. The quantitative estimate of drug-likeness (QED) is 0.606. The fraction of sp³-hybridized carbons (Fsp3) is 1.00. The highest BCUT2D eigenvalue weighted by Gasteiger charge is 2.38. The van der Waals surface area contributed by atoms with E-state index in [0.29, 0.717) is 11.1 Å². The Morgan fingerprint density at radius 3 is 1.77 bits per heavy atom. The second kappa shape index (κ2) is 4.60. The van der Waals surface area contributed by atoms with Crippen LogP contribution in [0.4, 0.5) is 0 Å². The van der Waals surface area contributed by atoms with E-state index in [1.165, 1.54) is 0 Å². The first-order valence-electron chi connectivity index (χ1n) is 5.42. The van der Waals surface area contributed by atoms with Gasteiger partial charge in [-0.05, 0) is 31.0 Å². The Hall–Kier alpha value is 0.177.